The Morgan fingerprint density at radius 3 is 1.52 bits per heavy atom. The van der Waals surface area contributed by atoms with Crippen LogP contribution < -0.4 is 0 Å². The molecule has 3 rings (SSSR count). The number of Topliss-reactive ketones (excluding diaryl/α,β-unsaturated/α-hetero) is 2. The Morgan fingerprint density at radius 2 is 1.24 bits per heavy atom. The number of nitrogens with zero attached hydrogens (tertiary/aromatic N) is 2. The number of esters is 2. The van der Waals surface area contributed by atoms with Crippen molar-refractivity contribution in [3.8, 4) is 12.1 Å². The molecular weight excluding hydrogens is 328 g/mol. The van der Waals surface area contributed by atoms with E-state index in [4.69, 9.17) is 0 Å². The maximum atomic E-state index is 13.0. The maximum absolute atomic E-state index is 13.0. The third kappa shape index (κ3) is 1.26. The van der Waals surface area contributed by atoms with Crippen molar-refractivity contribution >= 4 is 23.5 Å². The fourth-order valence-corrected chi connectivity index (χ4v) is 3.98. The third-order valence-electron chi connectivity index (χ3n) is 5.04. The zero-order valence-electron chi connectivity index (χ0n) is 13.2. The lowest BCUT2D eigenvalue weighted by Crippen LogP contribution is -2.31. The van der Waals surface area contributed by atoms with Crippen molar-refractivity contribution in [3.63, 3.8) is 0 Å². The highest BCUT2D eigenvalue weighted by Gasteiger charge is 3.04. The largest absolute Gasteiger partial charge is 0.468 e. The minimum absolute atomic E-state index is 0.0583. The van der Waals surface area contributed by atoms with Gasteiger partial charge in [-0.15, -0.1) is 0 Å². The van der Waals surface area contributed by atoms with E-state index in [0.717, 1.165) is 14.2 Å². The van der Waals surface area contributed by atoms with Crippen LogP contribution in [0.5, 0.6) is 0 Å². The van der Waals surface area contributed by atoms with E-state index in [1.807, 2.05) is 0 Å². The molecule has 2 aliphatic rings. The second-order valence-corrected chi connectivity index (χ2v) is 5.66. The van der Waals surface area contributed by atoms with Gasteiger partial charge in [0, 0.05) is 11.1 Å². The van der Waals surface area contributed by atoms with Crippen molar-refractivity contribution in [3.05, 3.63) is 35.4 Å². The molecule has 8 heteroatoms. The number of rotatable bonds is 2. The van der Waals surface area contributed by atoms with Crippen LogP contribution in [0.3, 0.4) is 0 Å². The van der Waals surface area contributed by atoms with Gasteiger partial charge in [-0.1, -0.05) is 24.3 Å². The van der Waals surface area contributed by atoms with Gasteiger partial charge >= 0.3 is 11.9 Å². The van der Waals surface area contributed by atoms with E-state index in [0.29, 0.717) is 0 Å². The van der Waals surface area contributed by atoms with Gasteiger partial charge in [-0.25, -0.2) is 0 Å². The summed E-state index contributed by atoms with van der Waals surface area (Å²) in [6, 6.07) is 8.75. The SMILES string of the molecule is COC(=O)[C@]1(C#N)C2(C(=O)c3ccccc3C2=O)[C@@]1(C#N)C(=O)OC. The van der Waals surface area contributed by atoms with Gasteiger partial charge < -0.3 is 9.47 Å². The van der Waals surface area contributed by atoms with Crippen molar-refractivity contribution in [1.29, 1.82) is 10.5 Å². The number of ether oxygens (including phenoxy) is 2. The van der Waals surface area contributed by atoms with Crippen LogP contribution in [-0.4, -0.2) is 37.7 Å². The van der Waals surface area contributed by atoms with E-state index < -0.39 is 39.8 Å². The number of hydrogen-bond donors (Lipinski definition) is 0. The number of carbonyl (C=O) groups is 4. The molecule has 0 unspecified atom stereocenters. The van der Waals surface area contributed by atoms with Crippen LogP contribution >= 0.6 is 0 Å². The van der Waals surface area contributed by atoms with Crippen molar-refractivity contribution in [2.75, 3.05) is 14.2 Å². The molecule has 1 fully saturated rings. The Labute approximate surface area is 141 Å². The first-order valence-electron chi connectivity index (χ1n) is 7.07. The molecule has 0 N–H and O–H groups in total. The van der Waals surface area contributed by atoms with E-state index >= 15 is 0 Å². The Kier molecular flexibility index (Phi) is 3.10. The van der Waals surface area contributed by atoms with Crippen molar-refractivity contribution in [2.24, 2.45) is 16.2 Å². The van der Waals surface area contributed by atoms with Gasteiger partial charge in [-0.05, 0) is 0 Å². The second-order valence-electron chi connectivity index (χ2n) is 5.66. The number of carbonyl (C=O) groups excluding carboxylic acids is 4. The minimum atomic E-state index is -2.61. The van der Waals surface area contributed by atoms with E-state index in [9.17, 15) is 29.7 Å². The number of nitriles is 2. The number of ketones is 2. The molecular formula is C17H10N2O6. The fraction of sp³-hybridized carbons (Fsp3) is 0.294. The zero-order chi connectivity index (χ0) is 18.6. The van der Waals surface area contributed by atoms with Crippen molar-refractivity contribution in [1.82, 2.24) is 0 Å². The van der Waals surface area contributed by atoms with Gasteiger partial charge in [0.1, 0.15) is 0 Å². The molecule has 1 aromatic carbocycles. The molecule has 8 nitrogen and oxygen atoms in total. The van der Waals surface area contributed by atoms with Crippen LogP contribution in [-0.2, 0) is 19.1 Å². The van der Waals surface area contributed by atoms with Gasteiger partial charge in [0.05, 0.1) is 26.4 Å². The molecule has 1 aromatic rings. The summed E-state index contributed by atoms with van der Waals surface area (Å²) in [6.45, 7) is 0. The van der Waals surface area contributed by atoms with E-state index in [1.54, 1.807) is 12.1 Å². The summed E-state index contributed by atoms with van der Waals surface area (Å²) in [5.41, 5.74) is -7.84. The molecule has 0 amide bonds. The predicted molar refractivity (Wildman–Crippen MR) is 77.7 cm³/mol. The Balaban J connectivity index is 2.43. The van der Waals surface area contributed by atoms with Gasteiger partial charge in [0.2, 0.25) is 10.8 Å². The second kappa shape index (κ2) is 4.74. The molecule has 0 heterocycles. The van der Waals surface area contributed by atoms with Crippen LogP contribution in [0.15, 0.2) is 24.3 Å². The van der Waals surface area contributed by atoms with Gasteiger partial charge in [-0.3, -0.25) is 19.2 Å². The monoisotopic (exact) mass is 338 g/mol. The van der Waals surface area contributed by atoms with Crippen LogP contribution in [0.4, 0.5) is 0 Å². The third-order valence-corrected chi connectivity index (χ3v) is 5.04. The number of fused-ring (bicyclic) bond motifs is 1. The Morgan fingerprint density at radius 1 is 0.880 bits per heavy atom. The first kappa shape index (κ1) is 16.3. The summed E-state index contributed by atoms with van der Waals surface area (Å²) in [5.74, 6) is -4.49. The Hall–Kier alpha value is -3.52. The number of benzene rings is 1. The summed E-state index contributed by atoms with van der Waals surface area (Å²) in [6.07, 6.45) is 0. The highest BCUT2D eigenvalue weighted by Crippen LogP contribution is 2.82. The summed E-state index contributed by atoms with van der Waals surface area (Å²) in [5, 5.41) is 19.4. The highest BCUT2D eigenvalue weighted by molar-refractivity contribution is 6.39. The lowest BCUT2D eigenvalue weighted by Gasteiger charge is -2.08. The average molecular weight is 338 g/mol. The summed E-state index contributed by atoms with van der Waals surface area (Å²) in [4.78, 5) is 50.9. The fourth-order valence-electron chi connectivity index (χ4n) is 3.98. The molecule has 25 heavy (non-hydrogen) atoms. The zero-order valence-corrected chi connectivity index (χ0v) is 13.2. The molecule has 124 valence electrons. The first-order valence-corrected chi connectivity index (χ1v) is 7.07. The summed E-state index contributed by atoms with van der Waals surface area (Å²) >= 11 is 0. The molecule has 0 aromatic heterocycles. The minimum Gasteiger partial charge on any atom is -0.468 e. The molecule has 0 radical (unpaired) electrons. The lowest BCUT2D eigenvalue weighted by molar-refractivity contribution is -0.153. The van der Waals surface area contributed by atoms with E-state index in [-0.39, 0.29) is 11.1 Å². The number of hydrogen-bond acceptors (Lipinski definition) is 8. The van der Waals surface area contributed by atoms with Crippen molar-refractivity contribution in [2.45, 2.75) is 0 Å². The molecule has 2 atom stereocenters. The molecule has 1 saturated carbocycles. The summed E-state index contributed by atoms with van der Waals surface area (Å²) < 4.78 is 9.16. The van der Waals surface area contributed by atoms with Crippen molar-refractivity contribution < 1.29 is 28.7 Å². The standard InChI is InChI=1S/C17H10N2O6/c1-24-13(22)15(7-18)16(8-19,14(23)25-2)17(15)11(20)9-5-3-4-6-10(9)12(17)21/h3-6H,1-2H3/t15-,16-/m0/s1. The van der Waals surface area contributed by atoms with Crippen LogP contribution in [0.2, 0.25) is 0 Å². The number of methoxy groups -OCH3 is 2. The summed E-state index contributed by atoms with van der Waals surface area (Å²) in [7, 11) is 1.87. The molecule has 1 spiro atoms. The van der Waals surface area contributed by atoms with E-state index in [1.165, 1.54) is 24.3 Å². The topological polar surface area (TPSA) is 134 Å². The van der Waals surface area contributed by atoms with Gasteiger partial charge in [0.15, 0.2) is 17.0 Å². The van der Waals surface area contributed by atoms with Gasteiger partial charge in [0.25, 0.3) is 0 Å². The highest BCUT2D eigenvalue weighted by atomic mass is 16.5. The lowest BCUT2D eigenvalue weighted by atomic mass is 9.87. The maximum Gasteiger partial charge on any atom is 0.330 e. The van der Waals surface area contributed by atoms with Crippen LogP contribution in [0.25, 0.3) is 0 Å². The van der Waals surface area contributed by atoms with E-state index in [2.05, 4.69) is 9.47 Å². The van der Waals surface area contributed by atoms with Crippen LogP contribution in [0.1, 0.15) is 20.7 Å². The molecule has 0 bridgehead atoms. The Bertz CT molecular complexity index is 876. The molecule has 0 aliphatic heterocycles. The quantitative estimate of drug-likeness (QED) is 0.559. The first-order chi connectivity index (χ1) is 11.9. The van der Waals surface area contributed by atoms with Crippen LogP contribution in [0, 0.1) is 38.9 Å². The molecule has 0 saturated heterocycles. The van der Waals surface area contributed by atoms with Gasteiger partial charge in [-0.2, -0.15) is 10.5 Å². The smallest absolute Gasteiger partial charge is 0.330 e. The normalized spacial score (nSPS) is 27.8. The predicted octanol–water partition coefficient (Wildman–Crippen LogP) is 0.432. The molecule has 2 aliphatic carbocycles. The average Bonchev–Trinajstić information content (AvgIpc) is 3.16.